The van der Waals surface area contributed by atoms with Gasteiger partial charge in [-0.2, -0.15) is 0 Å². The van der Waals surface area contributed by atoms with Gasteiger partial charge in [0.25, 0.3) is 0 Å². The van der Waals surface area contributed by atoms with Crippen molar-refractivity contribution in [3.8, 4) is 11.6 Å². The van der Waals surface area contributed by atoms with E-state index in [2.05, 4.69) is 14.9 Å². The second-order valence-corrected chi connectivity index (χ2v) is 5.20. The number of morpholine rings is 1. The van der Waals surface area contributed by atoms with E-state index in [1.807, 2.05) is 24.5 Å². The van der Waals surface area contributed by atoms with Crippen molar-refractivity contribution in [3.63, 3.8) is 0 Å². The second-order valence-electron chi connectivity index (χ2n) is 5.20. The zero-order chi connectivity index (χ0) is 14.5. The Bertz CT molecular complexity index is 539. The van der Waals surface area contributed by atoms with Crippen LogP contribution < -0.4 is 5.73 Å². The minimum absolute atomic E-state index is 0.243. The molecule has 0 bridgehead atoms. The average Bonchev–Trinajstić information content (AvgIpc) is 3.03. The minimum atomic E-state index is 0.243. The lowest BCUT2D eigenvalue weighted by atomic mass is 10.2. The van der Waals surface area contributed by atoms with Gasteiger partial charge < -0.3 is 14.9 Å². The van der Waals surface area contributed by atoms with Crippen LogP contribution in [-0.4, -0.2) is 47.2 Å². The fourth-order valence-electron chi connectivity index (χ4n) is 2.51. The highest BCUT2D eigenvalue weighted by Gasteiger charge is 2.20. The maximum Gasteiger partial charge on any atom is 0.195 e. The van der Waals surface area contributed by atoms with E-state index in [1.54, 1.807) is 6.26 Å². The first-order valence-electron chi connectivity index (χ1n) is 7.24. The zero-order valence-electron chi connectivity index (χ0n) is 11.9. The molecule has 1 atom stereocenters. The predicted molar refractivity (Wildman–Crippen MR) is 78.4 cm³/mol. The first-order valence-corrected chi connectivity index (χ1v) is 7.24. The van der Waals surface area contributed by atoms with Crippen LogP contribution in [0.25, 0.3) is 11.6 Å². The molecular weight excluding hydrogens is 268 g/mol. The highest BCUT2D eigenvalue weighted by molar-refractivity contribution is 5.45. The van der Waals surface area contributed by atoms with E-state index in [4.69, 9.17) is 14.9 Å². The molecule has 0 spiro atoms. The number of rotatable bonds is 5. The lowest BCUT2D eigenvalue weighted by Gasteiger charge is -2.32. The summed E-state index contributed by atoms with van der Waals surface area (Å²) in [6, 6.07) is 3.69. The molecule has 0 radical (unpaired) electrons. The monoisotopic (exact) mass is 288 g/mol. The molecule has 2 aromatic heterocycles. The summed E-state index contributed by atoms with van der Waals surface area (Å²) in [5.41, 5.74) is 6.69. The molecular formula is C15H20N4O2. The van der Waals surface area contributed by atoms with E-state index in [0.717, 1.165) is 38.2 Å². The van der Waals surface area contributed by atoms with Crippen LogP contribution in [-0.2, 0) is 11.3 Å². The minimum Gasteiger partial charge on any atom is -0.461 e. The third-order valence-corrected chi connectivity index (χ3v) is 3.56. The molecule has 6 nitrogen and oxygen atoms in total. The predicted octanol–water partition coefficient (Wildman–Crippen LogP) is 1.29. The Kier molecular flexibility index (Phi) is 4.59. The summed E-state index contributed by atoms with van der Waals surface area (Å²) in [4.78, 5) is 11.1. The molecule has 1 fully saturated rings. The van der Waals surface area contributed by atoms with E-state index in [1.165, 1.54) is 0 Å². The highest BCUT2D eigenvalue weighted by Crippen LogP contribution is 2.16. The summed E-state index contributed by atoms with van der Waals surface area (Å²) < 4.78 is 11.0. The Labute approximate surface area is 123 Å². The lowest BCUT2D eigenvalue weighted by molar-refractivity contribution is -0.0335. The number of furan rings is 1. The van der Waals surface area contributed by atoms with Gasteiger partial charge in [-0.15, -0.1) is 0 Å². The average molecular weight is 288 g/mol. The Hall–Kier alpha value is -1.76. The standard InChI is InChI=1S/C15H20N4O2/c16-4-3-13-11-19(5-7-20-13)10-12-8-17-15(18-9-12)14-2-1-6-21-14/h1-2,6,8-9,13H,3-5,7,10-11,16H2/t13-/m1/s1. The van der Waals surface area contributed by atoms with E-state index < -0.39 is 0 Å². The van der Waals surface area contributed by atoms with Gasteiger partial charge in [-0.1, -0.05) is 0 Å². The molecule has 0 saturated carbocycles. The van der Waals surface area contributed by atoms with Gasteiger partial charge in [0.05, 0.1) is 19.0 Å². The number of nitrogens with two attached hydrogens (primary N) is 1. The van der Waals surface area contributed by atoms with Gasteiger partial charge in [0, 0.05) is 37.6 Å². The molecule has 6 heteroatoms. The van der Waals surface area contributed by atoms with E-state index in [-0.39, 0.29) is 6.10 Å². The van der Waals surface area contributed by atoms with E-state index in [9.17, 15) is 0 Å². The van der Waals surface area contributed by atoms with Crippen molar-refractivity contribution in [1.29, 1.82) is 0 Å². The van der Waals surface area contributed by atoms with Crippen molar-refractivity contribution < 1.29 is 9.15 Å². The van der Waals surface area contributed by atoms with Crippen LogP contribution in [0.1, 0.15) is 12.0 Å². The molecule has 2 N–H and O–H groups in total. The van der Waals surface area contributed by atoms with Crippen molar-refractivity contribution in [1.82, 2.24) is 14.9 Å². The summed E-state index contributed by atoms with van der Waals surface area (Å²) in [6.45, 7) is 4.11. The second kappa shape index (κ2) is 6.80. The van der Waals surface area contributed by atoms with Crippen molar-refractivity contribution in [2.45, 2.75) is 19.1 Å². The third-order valence-electron chi connectivity index (χ3n) is 3.56. The topological polar surface area (TPSA) is 77.4 Å². The van der Waals surface area contributed by atoms with Gasteiger partial charge >= 0.3 is 0 Å². The summed E-state index contributed by atoms with van der Waals surface area (Å²) in [5, 5.41) is 0. The van der Waals surface area contributed by atoms with Crippen LogP contribution in [0.5, 0.6) is 0 Å². The fourth-order valence-corrected chi connectivity index (χ4v) is 2.51. The maximum atomic E-state index is 5.69. The van der Waals surface area contributed by atoms with Crippen molar-refractivity contribution in [2.75, 3.05) is 26.2 Å². The number of ether oxygens (including phenoxy) is 1. The van der Waals surface area contributed by atoms with Crippen LogP contribution in [0.4, 0.5) is 0 Å². The molecule has 0 unspecified atom stereocenters. The SMILES string of the molecule is NCC[C@@H]1CN(Cc2cnc(-c3ccco3)nc2)CCO1. The Morgan fingerprint density at radius 3 is 2.90 bits per heavy atom. The summed E-state index contributed by atoms with van der Waals surface area (Å²) in [7, 11) is 0. The molecule has 0 aliphatic carbocycles. The summed E-state index contributed by atoms with van der Waals surface area (Å²) >= 11 is 0. The van der Waals surface area contributed by atoms with Gasteiger partial charge in [0.1, 0.15) is 0 Å². The molecule has 3 rings (SSSR count). The lowest BCUT2D eigenvalue weighted by Crippen LogP contribution is -2.42. The smallest absolute Gasteiger partial charge is 0.195 e. The molecule has 2 aromatic rings. The van der Waals surface area contributed by atoms with Gasteiger partial charge in [0.2, 0.25) is 0 Å². The molecule has 1 aliphatic rings. The first-order chi connectivity index (χ1) is 10.3. The van der Waals surface area contributed by atoms with Crippen molar-refractivity contribution >= 4 is 0 Å². The molecule has 112 valence electrons. The Morgan fingerprint density at radius 2 is 2.19 bits per heavy atom. The van der Waals surface area contributed by atoms with Crippen LogP contribution in [0, 0.1) is 0 Å². The van der Waals surface area contributed by atoms with Crippen molar-refractivity contribution in [3.05, 3.63) is 36.4 Å². The van der Waals surface area contributed by atoms with Crippen LogP contribution in [0.15, 0.2) is 35.2 Å². The third kappa shape index (κ3) is 3.66. The maximum absolute atomic E-state index is 5.69. The number of aromatic nitrogens is 2. The van der Waals surface area contributed by atoms with Gasteiger partial charge in [-0.25, -0.2) is 9.97 Å². The molecule has 3 heterocycles. The van der Waals surface area contributed by atoms with Gasteiger partial charge in [0.15, 0.2) is 11.6 Å². The van der Waals surface area contributed by atoms with Crippen molar-refractivity contribution in [2.24, 2.45) is 5.73 Å². The number of hydrogen-bond acceptors (Lipinski definition) is 6. The van der Waals surface area contributed by atoms with Gasteiger partial charge in [-0.3, -0.25) is 4.90 Å². The fraction of sp³-hybridized carbons (Fsp3) is 0.467. The molecule has 21 heavy (non-hydrogen) atoms. The quantitative estimate of drug-likeness (QED) is 0.893. The summed E-state index contributed by atoms with van der Waals surface area (Å²) in [6.07, 6.45) is 6.49. The number of nitrogens with zero attached hydrogens (tertiary/aromatic N) is 3. The van der Waals surface area contributed by atoms with Crippen LogP contribution in [0.3, 0.4) is 0 Å². The zero-order valence-corrected chi connectivity index (χ0v) is 11.9. The normalized spacial score (nSPS) is 19.8. The number of hydrogen-bond donors (Lipinski definition) is 1. The first kappa shape index (κ1) is 14.2. The Balaban J connectivity index is 1.60. The van der Waals surface area contributed by atoms with Crippen LogP contribution in [0.2, 0.25) is 0 Å². The largest absolute Gasteiger partial charge is 0.461 e. The molecule has 1 aliphatic heterocycles. The van der Waals surface area contributed by atoms with E-state index >= 15 is 0 Å². The van der Waals surface area contributed by atoms with Gasteiger partial charge in [-0.05, 0) is 25.1 Å². The summed E-state index contributed by atoms with van der Waals surface area (Å²) in [5.74, 6) is 1.31. The molecule has 0 aromatic carbocycles. The van der Waals surface area contributed by atoms with Crippen LogP contribution >= 0.6 is 0 Å². The molecule has 1 saturated heterocycles. The van der Waals surface area contributed by atoms with E-state index in [0.29, 0.717) is 18.1 Å². The highest BCUT2D eigenvalue weighted by atomic mass is 16.5. The Morgan fingerprint density at radius 1 is 1.33 bits per heavy atom. The molecule has 0 amide bonds.